The van der Waals surface area contributed by atoms with Crippen molar-refractivity contribution in [3.05, 3.63) is 29.3 Å². The summed E-state index contributed by atoms with van der Waals surface area (Å²) < 4.78 is 32.6. The van der Waals surface area contributed by atoms with Crippen LogP contribution in [0.2, 0.25) is 0 Å². The van der Waals surface area contributed by atoms with E-state index in [0.29, 0.717) is 0 Å². The minimum absolute atomic E-state index is 0.0410. The maximum absolute atomic E-state index is 13.6. The summed E-state index contributed by atoms with van der Waals surface area (Å²) in [5.41, 5.74) is -0.0410. The van der Waals surface area contributed by atoms with E-state index < -0.39 is 11.6 Å². The second-order valence-electron chi connectivity index (χ2n) is 4.50. The quantitative estimate of drug-likeness (QED) is 0.810. The van der Waals surface area contributed by atoms with Crippen molar-refractivity contribution in [3.8, 4) is 11.8 Å². The van der Waals surface area contributed by atoms with Crippen molar-refractivity contribution in [2.24, 2.45) is 0 Å². The van der Waals surface area contributed by atoms with Crippen LogP contribution in [0.1, 0.15) is 18.4 Å². The fourth-order valence-electron chi connectivity index (χ4n) is 2.01. The summed E-state index contributed by atoms with van der Waals surface area (Å²) in [6.07, 6.45) is 1.32. The molecule has 0 amide bonds. The predicted molar refractivity (Wildman–Crippen MR) is 62.2 cm³/mol. The van der Waals surface area contributed by atoms with Crippen LogP contribution in [0.4, 0.5) is 8.78 Å². The first-order valence-corrected chi connectivity index (χ1v) is 5.84. The predicted octanol–water partition coefficient (Wildman–Crippen LogP) is 2.31. The van der Waals surface area contributed by atoms with Gasteiger partial charge in [0.2, 0.25) is 0 Å². The highest BCUT2D eigenvalue weighted by Gasteiger charge is 2.21. The van der Waals surface area contributed by atoms with Gasteiger partial charge in [-0.15, -0.1) is 0 Å². The third kappa shape index (κ3) is 2.77. The highest BCUT2D eigenvalue weighted by atomic mass is 19.1. The SMILES string of the molecule is CN1CCC(Oc2c(F)cc(C#N)cc2F)CC1. The summed E-state index contributed by atoms with van der Waals surface area (Å²) >= 11 is 0. The van der Waals surface area contributed by atoms with Gasteiger partial charge in [-0.1, -0.05) is 0 Å². The number of nitrogens with zero attached hydrogens (tertiary/aromatic N) is 2. The van der Waals surface area contributed by atoms with Gasteiger partial charge in [-0.05, 0) is 32.0 Å². The second-order valence-corrected chi connectivity index (χ2v) is 4.50. The van der Waals surface area contributed by atoms with Gasteiger partial charge < -0.3 is 9.64 Å². The molecule has 0 N–H and O–H groups in total. The van der Waals surface area contributed by atoms with Gasteiger partial charge in [-0.2, -0.15) is 5.26 Å². The van der Waals surface area contributed by atoms with Crippen LogP contribution >= 0.6 is 0 Å². The first-order valence-electron chi connectivity index (χ1n) is 5.84. The zero-order valence-corrected chi connectivity index (χ0v) is 10.1. The number of benzene rings is 1. The van der Waals surface area contributed by atoms with Gasteiger partial charge in [-0.25, -0.2) is 8.78 Å². The van der Waals surface area contributed by atoms with Crippen molar-refractivity contribution < 1.29 is 13.5 Å². The molecule has 2 rings (SSSR count). The minimum Gasteiger partial charge on any atom is -0.484 e. The summed E-state index contributed by atoms with van der Waals surface area (Å²) in [4.78, 5) is 2.14. The lowest BCUT2D eigenvalue weighted by Crippen LogP contribution is -2.35. The van der Waals surface area contributed by atoms with Crippen molar-refractivity contribution in [1.29, 1.82) is 5.26 Å². The van der Waals surface area contributed by atoms with Crippen LogP contribution < -0.4 is 4.74 Å². The summed E-state index contributed by atoms with van der Waals surface area (Å²) in [7, 11) is 2.00. The third-order valence-electron chi connectivity index (χ3n) is 3.08. The Balaban J connectivity index is 2.12. The number of piperidine rings is 1. The number of hydrogen-bond acceptors (Lipinski definition) is 3. The number of ether oxygens (including phenoxy) is 1. The van der Waals surface area contributed by atoms with E-state index in [0.717, 1.165) is 38.1 Å². The standard InChI is InChI=1S/C13H14F2N2O/c1-17-4-2-10(3-5-17)18-13-11(14)6-9(8-16)7-12(13)15/h6-7,10H,2-5H2,1H3. The molecule has 5 heteroatoms. The Morgan fingerprint density at radius 3 is 2.33 bits per heavy atom. The van der Waals surface area contributed by atoms with E-state index in [9.17, 15) is 8.78 Å². The van der Waals surface area contributed by atoms with Gasteiger partial charge >= 0.3 is 0 Å². The molecule has 0 bridgehead atoms. The fraction of sp³-hybridized carbons (Fsp3) is 0.462. The molecule has 0 unspecified atom stereocenters. The molecular formula is C13H14F2N2O. The van der Waals surface area contributed by atoms with Gasteiger partial charge in [0.05, 0.1) is 11.6 Å². The highest BCUT2D eigenvalue weighted by molar-refractivity contribution is 5.37. The van der Waals surface area contributed by atoms with Gasteiger partial charge in [0.1, 0.15) is 6.10 Å². The molecule has 1 heterocycles. The number of rotatable bonds is 2. The average Bonchev–Trinajstić information content (AvgIpc) is 2.35. The zero-order valence-electron chi connectivity index (χ0n) is 10.1. The largest absolute Gasteiger partial charge is 0.484 e. The Labute approximate surface area is 105 Å². The molecule has 1 fully saturated rings. The Morgan fingerprint density at radius 2 is 1.83 bits per heavy atom. The molecule has 0 atom stereocenters. The number of likely N-dealkylation sites (tertiary alicyclic amines) is 1. The topological polar surface area (TPSA) is 36.3 Å². The average molecular weight is 252 g/mol. The Hall–Kier alpha value is -1.67. The number of halogens is 2. The van der Waals surface area contributed by atoms with Gasteiger partial charge in [0.15, 0.2) is 17.4 Å². The van der Waals surface area contributed by atoms with E-state index in [4.69, 9.17) is 10.00 Å². The molecular weight excluding hydrogens is 238 g/mol. The van der Waals surface area contributed by atoms with E-state index >= 15 is 0 Å². The molecule has 18 heavy (non-hydrogen) atoms. The van der Waals surface area contributed by atoms with Crippen LogP contribution in [0, 0.1) is 23.0 Å². The van der Waals surface area contributed by atoms with Crippen LogP contribution in [-0.4, -0.2) is 31.1 Å². The molecule has 0 spiro atoms. The monoisotopic (exact) mass is 252 g/mol. The molecule has 1 aromatic rings. The number of nitriles is 1. The first-order chi connectivity index (χ1) is 8.60. The maximum Gasteiger partial charge on any atom is 0.191 e. The van der Waals surface area contributed by atoms with E-state index in [2.05, 4.69) is 4.90 Å². The molecule has 1 saturated heterocycles. The summed E-state index contributed by atoms with van der Waals surface area (Å²) in [5.74, 6) is -2.00. The molecule has 1 aliphatic heterocycles. The lowest BCUT2D eigenvalue weighted by molar-refractivity contribution is 0.106. The second kappa shape index (κ2) is 5.32. The lowest BCUT2D eigenvalue weighted by atomic mass is 10.1. The smallest absolute Gasteiger partial charge is 0.191 e. The molecule has 0 aromatic heterocycles. The molecule has 1 aliphatic rings. The van der Waals surface area contributed by atoms with E-state index in [1.165, 1.54) is 0 Å². The molecule has 0 radical (unpaired) electrons. The summed E-state index contributed by atoms with van der Waals surface area (Å²) in [5, 5.41) is 8.60. The Kier molecular flexibility index (Phi) is 3.78. The lowest BCUT2D eigenvalue weighted by Gasteiger charge is -2.29. The van der Waals surface area contributed by atoms with Crippen molar-refractivity contribution >= 4 is 0 Å². The van der Waals surface area contributed by atoms with Gasteiger partial charge in [0.25, 0.3) is 0 Å². The van der Waals surface area contributed by atoms with E-state index in [1.807, 2.05) is 7.05 Å². The molecule has 96 valence electrons. The zero-order chi connectivity index (χ0) is 13.1. The Morgan fingerprint density at radius 1 is 1.28 bits per heavy atom. The van der Waals surface area contributed by atoms with Crippen LogP contribution in [0.3, 0.4) is 0 Å². The van der Waals surface area contributed by atoms with Crippen LogP contribution in [0.15, 0.2) is 12.1 Å². The minimum atomic E-state index is -0.814. The Bertz CT molecular complexity index is 453. The van der Waals surface area contributed by atoms with Crippen molar-refractivity contribution in [2.45, 2.75) is 18.9 Å². The molecule has 0 aliphatic carbocycles. The molecule has 3 nitrogen and oxygen atoms in total. The normalized spacial score (nSPS) is 17.4. The first kappa shape index (κ1) is 12.8. The highest BCUT2D eigenvalue weighted by Crippen LogP contribution is 2.26. The van der Waals surface area contributed by atoms with E-state index in [-0.39, 0.29) is 17.4 Å². The summed E-state index contributed by atoms with van der Waals surface area (Å²) in [6, 6.07) is 3.69. The van der Waals surface area contributed by atoms with Crippen molar-refractivity contribution in [3.63, 3.8) is 0 Å². The molecule has 1 aromatic carbocycles. The summed E-state index contributed by atoms with van der Waals surface area (Å²) in [6.45, 7) is 1.70. The van der Waals surface area contributed by atoms with Gasteiger partial charge in [0, 0.05) is 13.1 Å². The van der Waals surface area contributed by atoms with E-state index in [1.54, 1.807) is 6.07 Å². The number of hydrogen-bond donors (Lipinski definition) is 0. The molecule has 0 saturated carbocycles. The van der Waals surface area contributed by atoms with Crippen molar-refractivity contribution in [2.75, 3.05) is 20.1 Å². The van der Waals surface area contributed by atoms with Crippen molar-refractivity contribution in [1.82, 2.24) is 4.90 Å². The van der Waals surface area contributed by atoms with Crippen LogP contribution in [0.25, 0.3) is 0 Å². The van der Waals surface area contributed by atoms with Crippen LogP contribution in [-0.2, 0) is 0 Å². The maximum atomic E-state index is 13.6. The van der Waals surface area contributed by atoms with Gasteiger partial charge in [-0.3, -0.25) is 0 Å². The third-order valence-corrected chi connectivity index (χ3v) is 3.08. The van der Waals surface area contributed by atoms with Crippen LogP contribution in [0.5, 0.6) is 5.75 Å². The fourth-order valence-corrected chi connectivity index (χ4v) is 2.01.